The van der Waals surface area contributed by atoms with Crippen molar-refractivity contribution < 1.29 is 38.6 Å². The number of fused-ring (bicyclic) bond motifs is 2. The molecule has 0 bridgehead atoms. The number of benzodiazepines with no additional fused rings is 2. The molecule has 3 atom stereocenters. The highest BCUT2D eigenvalue weighted by atomic mass is 16.5. The number of pyridine rings is 2. The summed E-state index contributed by atoms with van der Waals surface area (Å²) in [4.78, 5) is 106. The molecular weight excluding hydrogens is 993 g/mol. The summed E-state index contributed by atoms with van der Waals surface area (Å²) < 4.78 is 6.36. The first kappa shape index (κ1) is 54.9. The number of aromatic nitrogens is 2. The molecule has 402 valence electrons. The number of aliphatic hydroxyl groups is 1. The number of amides is 6. The van der Waals surface area contributed by atoms with Gasteiger partial charge < -0.3 is 51.5 Å². The number of benzene rings is 4. The predicted octanol–water partition coefficient (Wildman–Crippen LogP) is 7.27. The third-order valence-corrected chi connectivity index (χ3v) is 13.4. The number of rotatable bonds is 20. The number of nitrogens with zero attached hydrogens (tertiary/aromatic N) is 6. The summed E-state index contributed by atoms with van der Waals surface area (Å²) in [6.45, 7) is 5.50. The second kappa shape index (κ2) is 24.1. The van der Waals surface area contributed by atoms with E-state index in [1.807, 2.05) is 19.1 Å². The topological polar surface area (TPSA) is 261 Å². The van der Waals surface area contributed by atoms with Gasteiger partial charge in [-0.1, -0.05) is 81.8 Å². The van der Waals surface area contributed by atoms with Crippen LogP contribution >= 0.6 is 0 Å². The molecule has 20 heteroatoms. The SMILES string of the molecule is CCC[C@@](C)(COc1ccc(C2=N[C@@H](NC(=O)Nc3cccc(NC)c3)C(=O)N(CC(=O)C(C)(C)CO)c3ccccc32)nc1)C(=O)CN1C(=O)[C@H](NC(=O)Nc2cccc(NC)c2)N=C(c2ccccn2)c2ccccc21. The van der Waals surface area contributed by atoms with Gasteiger partial charge in [0.15, 0.2) is 11.6 Å². The normalized spacial score (nSPS) is 15.9. The van der Waals surface area contributed by atoms with Gasteiger partial charge in [0, 0.05) is 59.6 Å². The van der Waals surface area contributed by atoms with E-state index in [0.717, 1.165) is 11.4 Å². The molecule has 6 amide bonds. The van der Waals surface area contributed by atoms with Crippen molar-refractivity contribution in [3.8, 4) is 5.75 Å². The van der Waals surface area contributed by atoms with Gasteiger partial charge in [0.05, 0.1) is 65.5 Å². The number of anilines is 6. The number of aliphatic imine (C=N–C) groups is 2. The lowest BCUT2D eigenvalue weighted by atomic mass is 9.81. The number of para-hydroxylation sites is 2. The van der Waals surface area contributed by atoms with Gasteiger partial charge in [0.25, 0.3) is 11.8 Å². The van der Waals surface area contributed by atoms with E-state index in [2.05, 4.69) is 36.9 Å². The van der Waals surface area contributed by atoms with E-state index in [0.29, 0.717) is 69.6 Å². The van der Waals surface area contributed by atoms with Crippen LogP contribution in [0.1, 0.15) is 63.1 Å². The molecule has 0 fully saturated rings. The molecule has 4 aromatic carbocycles. The van der Waals surface area contributed by atoms with Crippen molar-refractivity contribution in [2.24, 2.45) is 20.8 Å². The van der Waals surface area contributed by atoms with Crippen molar-refractivity contribution in [2.75, 3.05) is 71.5 Å². The van der Waals surface area contributed by atoms with Crippen LogP contribution in [0.4, 0.5) is 43.7 Å². The van der Waals surface area contributed by atoms with Crippen molar-refractivity contribution in [1.29, 1.82) is 0 Å². The maximum absolute atomic E-state index is 14.9. The summed E-state index contributed by atoms with van der Waals surface area (Å²) in [5.41, 5.74) is 3.10. The number of carbonyl (C=O) groups excluding carboxylic acids is 6. The zero-order chi connectivity index (χ0) is 55.6. The molecule has 6 aromatic rings. The smallest absolute Gasteiger partial charge is 0.321 e. The Labute approximate surface area is 451 Å². The van der Waals surface area contributed by atoms with Crippen molar-refractivity contribution in [3.05, 3.63) is 162 Å². The molecule has 20 nitrogen and oxygen atoms in total. The highest BCUT2D eigenvalue weighted by Crippen LogP contribution is 2.34. The van der Waals surface area contributed by atoms with Crippen molar-refractivity contribution in [2.45, 2.75) is 52.9 Å². The van der Waals surface area contributed by atoms with Gasteiger partial charge in [-0.2, -0.15) is 0 Å². The molecule has 8 rings (SSSR count). The fraction of sp³-hybridized carbons (Fsp3) is 0.276. The fourth-order valence-electron chi connectivity index (χ4n) is 8.84. The number of nitrogens with one attached hydrogen (secondary N) is 6. The number of hydrogen-bond donors (Lipinski definition) is 7. The van der Waals surface area contributed by atoms with Gasteiger partial charge in [0.1, 0.15) is 12.4 Å². The highest BCUT2D eigenvalue weighted by molar-refractivity contribution is 6.21. The Kier molecular flexibility index (Phi) is 17.0. The largest absolute Gasteiger partial charge is 0.491 e. The molecule has 0 saturated heterocycles. The van der Waals surface area contributed by atoms with E-state index in [1.54, 1.807) is 156 Å². The molecule has 2 aliphatic heterocycles. The van der Waals surface area contributed by atoms with Crippen LogP contribution in [0, 0.1) is 10.8 Å². The second-order valence-electron chi connectivity index (χ2n) is 19.6. The van der Waals surface area contributed by atoms with Crippen LogP contribution < -0.4 is 46.4 Å². The summed E-state index contributed by atoms with van der Waals surface area (Å²) in [6, 6.07) is 35.1. The van der Waals surface area contributed by atoms with Crippen LogP contribution in [0.5, 0.6) is 5.75 Å². The Balaban J connectivity index is 1.06. The molecule has 7 N–H and O–H groups in total. The van der Waals surface area contributed by atoms with Crippen LogP contribution in [0.25, 0.3) is 0 Å². The minimum atomic E-state index is -1.54. The molecule has 0 spiro atoms. The second-order valence-corrected chi connectivity index (χ2v) is 19.6. The van der Waals surface area contributed by atoms with E-state index < -0.39 is 72.5 Å². The summed E-state index contributed by atoms with van der Waals surface area (Å²) in [5, 5.41) is 27.0. The predicted molar refractivity (Wildman–Crippen MR) is 301 cm³/mol. The monoisotopic (exact) mass is 1050 g/mol. The Morgan fingerprint density at radius 2 is 1.12 bits per heavy atom. The van der Waals surface area contributed by atoms with E-state index >= 15 is 0 Å². The van der Waals surface area contributed by atoms with Gasteiger partial charge in [-0.25, -0.2) is 19.6 Å². The first-order valence-electron chi connectivity index (χ1n) is 25.4. The van der Waals surface area contributed by atoms with Gasteiger partial charge in [0.2, 0.25) is 12.3 Å². The standard InChI is InChI=1S/C58H62N12O8/c1-7-27-58(4,48(73)33-70-46-24-11-8-20-41(46)49(43-22-12-13-28-61-43)65-52(54(70)75)68-56(77)64-39-19-15-17-37(30-39)60-6)35-78-40-25-26-44(62-31-40)50-42-21-9-10-23-45(42)69(32-47(72)57(2,3)34-71)53(74)51(66-50)67-55(76)63-38-18-14-16-36(29-38)59-5/h8-26,28-31,51-52,59-60,71H,7,27,32-35H2,1-6H3,(H2,63,67,76)(H2,64,68,77)/t51-,52-,58-/m0/s1. The molecule has 2 aliphatic rings. The lowest BCUT2D eigenvalue weighted by Crippen LogP contribution is -2.51. The Bertz CT molecular complexity index is 3280. The lowest BCUT2D eigenvalue weighted by molar-refractivity contribution is -0.130. The van der Waals surface area contributed by atoms with Crippen LogP contribution in [0.2, 0.25) is 0 Å². The van der Waals surface area contributed by atoms with E-state index in [-0.39, 0.29) is 18.1 Å². The third-order valence-electron chi connectivity index (χ3n) is 13.4. The Hall–Kier alpha value is -9.30. The number of carbonyl (C=O) groups is 6. The van der Waals surface area contributed by atoms with Crippen LogP contribution in [-0.2, 0) is 19.2 Å². The Morgan fingerprint density at radius 3 is 1.59 bits per heavy atom. The Morgan fingerprint density at radius 1 is 0.615 bits per heavy atom. The van der Waals surface area contributed by atoms with Crippen molar-refractivity contribution in [3.63, 3.8) is 0 Å². The van der Waals surface area contributed by atoms with Gasteiger partial charge in [-0.15, -0.1) is 0 Å². The maximum Gasteiger partial charge on any atom is 0.321 e. The summed E-state index contributed by atoms with van der Waals surface area (Å²) in [6.07, 6.45) is 1.03. The lowest BCUT2D eigenvalue weighted by Gasteiger charge is -2.32. The number of urea groups is 2. The average molecular weight is 1060 g/mol. The zero-order valence-corrected chi connectivity index (χ0v) is 44.2. The molecule has 4 heterocycles. The van der Waals surface area contributed by atoms with E-state index in [4.69, 9.17) is 19.7 Å². The van der Waals surface area contributed by atoms with Crippen LogP contribution in [0.3, 0.4) is 0 Å². The third kappa shape index (κ3) is 12.5. The van der Waals surface area contributed by atoms with Gasteiger partial charge >= 0.3 is 12.1 Å². The van der Waals surface area contributed by atoms with Crippen molar-refractivity contribution >= 4 is 81.0 Å². The molecule has 0 radical (unpaired) electrons. The zero-order valence-electron chi connectivity index (χ0n) is 44.2. The molecule has 0 aliphatic carbocycles. The molecular formula is C58H62N12O8. The number of aliphatic hydroxyl groups excluding tert-OH is 1. The molecule has 2 aromatic heterocycles. The fourth-order valence-corrected chi connectivity index (χ4v) is 8.84. The van der Waals surface area contributed by atoms with Gasteiger partial charge in [-0.3, -0.25) is 29.1 Å². The van der Waals surface area contributed by atoms with Crippen molar-refractivity contribution in [1.82, 2.24) is 20.6 Å². The summed E-state index contributed by atoms with van der Waals surface area (Å²) >= 11 is 0. The maximum atomic E-state index is 14.9. The molecule has 0 unspecified atom stereocenters. The summed E-state index contributed by atoms with van der Waals surface area (Å²) in [5.74, 6) is -1.79. The van der Waals surface area contributed by atoms with Crippen LogP contribution in [-0.4, -0.2) is 115 Å². The molecule has 78 heavy (non-hydrogen) atoms. The minimum absolute atomic E-state index is 0.111. The van der Waals surface area contributed by atoms with E-state index in [1.165, 1.54) is 16.0 Å². The quantitative estimate of drug-likeness (QED) is 0.0398. The van der Waals surface area contributed by atoms with E-state index in [9.17, 15) is 33.9 Å². The number of Topliss-reactive ketones (excluding diaryl/α,β-unsaturated/α-hetero) is 2. The highest BCUT2D eigenvalue weighted by Gasteiger charge is 2.41. The number of ether oxygens (including phenoxy) is 1. The van der Waals surface area contributed by atoms with Crippen LogP contribution in [0.15, 0.2) is 150 Å². The number of hydrogen-bond acceptors (Lipinski definition) is 14. The average Bonchev–Trinajstić information content (AvgIpc) is 3.72. The first-order chi connectivity index (χ1) is 37.5. The minimum Gasteiger partial charge on any atom is -0.491 e. The first-order valence-corrected chi connectivity index (χ1v) is 25.4. The van der Waals surface area contributed by atoms with Gasteiger partial charge in [-0.05, 0) is 86.1 Å². The number of ketones is 2. The molecule has 0 saturated carbocycles. The summed E-state index contributed by atoms with van der Waals surface area (Å²) in [7, 11) is 3.50.